The van der Waals surface area contributed by atoms with E-state index in [4.69, 9.17) is 4.98 Å². The molecular weight excluding hydrogens is 356 g/mol. The molecule has 0 N–H and O–H groups in total. The van der Waals surface area contributed by atoms with Crippen molar-refractivity contribution in [1.82, 2.24) is 19.4 Å². The molecule has 146 valence electrons. The largest absolute Gasteiger partial charge is 0.299 e. The molecule has 2 aromatic heterocycles. The monoisotopic (exact) mass is 386 g/mol. The molecule has 0 unspecified atom stereocenters. The molecule has 0 amide bonds. The molecule has 0 radical (unpaired) electrons. The molecule has 1 aliphatic heterocycles. The molecule has 0 saturated carbocycles. The van der Waals surface area contributed by atoms with Gasteiger partial charge in [0.15, 0.2) is 0 Å². The summed E-state index contributed by atoms with van der Waals surface area (Å²) in [7, 11) is 0. The van der Waals surface area contributed by atoms with Crippen LogP contribution in [0.2, 0.25) is 0 Å². The zero-order chi connectivity index (χ0) is 19.0. The van der Waals surface area contributed by atoms with Crippen molar-refractivity contribution in [3.05, 3.63) is 44.0 Å². The third-order valence-electron chi connectivity index (χ3n) is 5.81. The van der Waals surface area contributed by atoms with Gasteiger partial charge < -0.3 is 0 Å². The van der Waals surface area contributed by atoms with Crippen molar-refractivity contribution in [2.75, 3.05) is 13.1 Å². The summed E-state index contributed by atoms with van der Waals surface area (Å²) in [6, 6.07) is 1.71. The maximum Gasteiger partial charge on any atom is 0.253 e. The lowest BCUT2D eigenvalue weighted by Gasteiger charge is -2.31. The number of aromatic nitrogens is 3. The number of nitrogens with zero attached hydrogens (tertiary/aromatic N) is 4. The van der Waals surface area contributed by atoms with E-state index in [0.717, 1.165) is 44.7 Å². The van der Waals surface area contributed by atoms with Crippen LogP contribution >= 0.6 is 11.3 Å². The lowest BCUT2D eigenvalue weighted by molar-refractivity contribution is 0.166. The molecule has 2 aliphatic rings. The Labute approximate surface area is 165 Å². The number of thiazole rings is 1. The molecule has 6 heteroatoms. The molecule has 5 nitrogen and oxygen atoms in total. The van der Waals surface area contributed by atoms with Gasteiger partial charge in [0.1, 0.15) is 5.01 Å². The number of aryl methyl sites for hydroxylation is 2. The van der Waals surface area contributed by atoms with E-state index in [0.29, 0.717) is 5.92 Å². The van der Waals surface area contributed by atoms with Crippen LogP contribution in [0.5, 0.6) is 0 Å². The van der Waals surface area contributed by atoms with E-state index in [2.05, 4.69) is 30.7 Å². The summed E-state index contributed by atoms with van der Waals surface area (Å²) in [4.78, 5) is 25.8. The number of likely N-dealkylation sites (tertiary alicyclic amines) is 1. The Morgan fingerprint density at radius 3 is 2.67 bits per heavy atom. The van der Waals surface area contributed by atoms with Crippen LogP contribution in [0, 0.1) is 5.92 Å². The Morgan fingerprint density at radius 2 is 2.00 bits per heavy atom. The van der Waals surface area contributed by atoms with E-state index >= 15 is 0 Å². The first-order chi connectivity index (χ1) is 12.9. The Morgan fingerprint density at radius 1 is 1.22 bits per heavy atom. The molecule has 0 atom stereocenters. The molecule has 0 aromatic carbocycles. The summed E-state index contributed by atoms with van der Waals surface area (Å²) >= 11 is 1.92. The first-order valence-corrected chi connectivity index (χ1v) is 11.0. The number of hydrogen-bond donors (Lipinski definition) is 0. The smallest absolute Gasteiger partial charge is 0.253 e. The van der Waals surface area contributed by atoms with Gasteiger partial charge in [0.05, 0.1) is 24.3 Å². The fourth-order valence-electron chi connectivity index (χ4n) is 4.08. The summed E-state index contributed by atoms with van der Waals surface area (Å²) in [6.07, 6.45) is 7.70. The van der Waals surface area contributed by atoms with Gasteiger partial charge in [-0.1, -0.05) is 20.8 Å². The molecule has 3 heterocycles. The van der Waals surface area contributed by atoms with Crippen molar-refractivity contribution in [3.8, 4) is 0 Å². The molecule has 1 aliphatic carbocycles. The third-order valence-corrected chi connectivity index (χ3v) is 6.95. The van der Waals surface area contributed by atoms with Crippen molar-refractivity contribution in [3.63, 3.8) is 0 Å². The van der Waals surface area contributed by atoms with Gasteiger partial charge in [-0.15, -0.1) is 11.3 Å². The Balaban J connectivity index is 1.31. The summed E-state index contributed by atoms with van der Waals surface area (Å²) in [6.45, 7) is 10.2. The average Bonchev–Trinajstić information content (AvgIpc) is 3.19. The number of piperidine rings is 1. The molecular formula is C21H30N4OS. The minimum absolute atomic E-state index is 0.0784. The Hall–Kier alpha value is -1.53. The molecule has 2 aromatic rings. The second kappa shape index (κ2) is 7.47. The molecule has 27 heavy (non-hydrogen) atoms. The van der Waals surface area contributed by atoms with Crippen LogP contribution in [0.4, 0.5) is 0 Å². The molecule has 1 saturated heterocycles. The van der Waals surface area contributed by atoms with Gasteiger partial charge in [-0.05, 0) is 51.1 Å². The summed E-state index contributed by atoms with van der Waals surface area (Å²) in [5.41, 5.74) is 2.22. The molecule has 0 bridgehead atoms. The maximum atomic E-state index is 12.4. The van der Waals surface area contributed by atoms with Crippen LogP contribution in [0.15, 0.2) is 17.2 Å². The van der Waals surface area contributed by atoms with Gasteiger partial charge in [0, 0.05) is 22.9 Å². The molecule has 4 rings (SSSR count). The van der Waals surface area contributed by atoms with E-state index in [1.54, 1.807) is 17.0 Å². The Kier molecular flexibility index (Phi) is 5.21. The van der Waals surface area contributed by atoms with Crippen LogP contribution < -0.4 is 5.56 Å². The van der Waals surface area contributed by atoms with E-state index in [1.807, 2.05) is 11.3 Å². The third kappa shape index (κ3) is 4.32. The van der Waals surface area contributed by atoms with Crippen LogP contribution in [0.1, 0.15) is 61.3 Å². The SMILES string of the molecule is CC(C)(C)c1cc(=O)n(CC2CCN(Cc3nc4c(s3)CCC4)CC2)cn1. The van der Waals surface area contributed by atoms with Gasteiger partial charge in [-0.25, -0.2) is 9.97 Å². The summed E-state index contributed by atoms with van der Waals surface area (Å²) < 4.78 is 1.79. The fourth-order valence-corrected chi connectivity index (χ4v) is 5.28. The van der Waals surface area contributed by atoms with Crippen molar-refractivity contribution in [2.45, 2.75) is 71.4 Å². The highest BCUT2D eigenvalue weighted by Gasteiger charge is 2.23. The highest BCUT2D eigenvalue weighted by molar-refractivity contribution is 7.11. The number of fused-ring (bicyclic) bond motifs is 1. The fraction of sp³-hybridized carbons (Fsp3) is 0.667. The highest BCUT2D eigenvalue weighted by atomic mass is 32.1. The zero-order valence-corrected chi connectivity index (χ0v) is 17.5. The minimum Gasteiger partial charge on any atom is -0.299 e. The average molecular weight is 387 g/mol. The summed E-state index contributed by atoms with van der Waals surface area (Å²) in [5.74, 6) is 0.558. The van der Waals surface area contributed by atoms with Gasteiger partial charge in [0.2, 0.25) is 0 Å². The number of rotatable bonds is 4. The maximum absolute atomic E-state index is 12.4. The van der Waals surface area contributed by atoms with E-state index < -0.39 is 0 Å². The van der Waals surface area contributed by atoms with Gasteiger partial charge in [-0.3, -0.25) is 14.3 Å². The predicted molar refractivity (Wildman–Crippen MR) is 109 cm³/mol. The van der Waals surface area contributed by atoms with E-state index in [-0.39, 0.29) is 11.0 Å². The van der Waals surface area contributed by atoms with Crippen molar-refractivity contribution in [1.29, 1.82) is 0 Å². The van der Waals surface area contributed by atoms with Crippen molar-refractivity contribution >= 4 is 11.3 Å². The quantitative estimate of drug-likeness (QED) is 0.808. The van der Waals surface area contributed by atoms with Crippen LogP contribution in [0.3, 0.4) is 0 Å². The lowest BCUT2D eigenvalue weighted by atomic mass is 9.92. The van der Waals surface area contributed by atoms with Crippen LogP contribution in [0.25, 0.3) is 0 Å². The summed E-state index contributed by atoms with van der Waals surface area (Å²) in [5, 5.41) is 1.29. The predicted octanol–water partition coefficient (Wildman–Crippen LogP) is 3.40. The first kappa shape index (κ1) is 18.8. The topological polar surface area (TPSA) is 51.0 Å². The van der Waals surface area contributed by atoms with Crippen molar-refractivity contribution < 1.29 is 0 Å². The van der Waals surface area contributed by atoms with Crippen molar-refractivity contribution in [2.24, 2.45) is 5.92 Å². The van der Waals surface area contributed by atoms with E-state index in [1.165, 1.54) is 34.8 Å². The zero-order valence-electron chi connectivity index (χ0n) is 16.7. The minimum atomic E-state index is -0.0837. The second-order valence-corrected chi connectivity index (χ2v) is 10.2. The van der Waals surface area contributed by atoms with Crippen LogP contribution in [-0.4, -0.2) is 32.5 Å². The van der Waals surface area contributed by atoms with Crippen LogP contribution in [-0.2, 0) is 31.3 Å². The molecule has 1 fully saturated rings. The van der Waals surface area contributed by atoms with E-state index in [9.17, 15) is 4.79 Å². The van der Waals surface area contributed by atoms with Gasteiger partial charge in [-0.2, -0.15) is 0 Å². The normalized spacial score (nSPS) is 18.8. The number of hydrogen-bond acceptors (Lipinski definition) is 5. The molecule has 0 spiro atoms. The standard InChI is InChI=1S/C21H30N4OS/c1-21(2,3)18-11-20(26)25(14-22-18)12-15-7-9-24(10-8-15)13-19-23-16-5-4-6-17(16)27-19/h11,14-15H,4-10,12-13H2,1-3H3. The lowest BCUT2D eigenvalue weighted by Crippen LogP contribution is -2.36. The van der Waals surface area contributed by atoms with Gasteiger partial charge >= 0.3 is 0 Å². The Bertz CT molecular complexity index is 834. The highest BCUT2D eigenvalue weighted by Crippen LogP contribution is 2.29. The first-order valence-electron chi connectivity index (χ1n) is 10.2. The second-order valence-electron chi connectivity index (χ2n) is 9.07. The van der Waals surface area contributed by atoms with Gasteiger partial charge in [0.25, 0.3) is 5.56 Å².